The molecule has 0 atom stereocenters. The predicted octanol–water partition coefficient (Wildman–Crippen LogP) is 2.43. The molecule has 0 spiro atoms. The minimum absolute atomic E-state index is 0.310. The van der Waals surface area contributed by atoms with Crippen LogP contribution in [0.1, 0.15) is 23.8 Å². The molecule has 0 unspecified atom stereocenters. The van der Waals surface area contributed by atoms with Crippen molar-refractivity contribution in [1.29, 1.82) is 5.26 Å². The topological polar surface area (TPSA) is 42.2 Å². The summed E-state index contributed by atoms with van der Waals surface area (Å²) in [7, 11) is 3.22. The molecule has 0 amide bonds. The van der Waals surface area contributed by atoms with E-state index in [1.54, 1.807) is 14.2 Å². The van der Waals surface area contributed by atoms with Crippen molar-refractivity contribution in [2.24, 2.45) is 0 Å². The van der Waals surface area contributed by atoms with Crippen LogP contribution < -0.4 is 0 Å². The Morgan fingerprint density at radius 1 is 1.20 bits per heavy atom. The number of nitrogens with zero attached hydrogens (tertiary/aromatic N) is 1. The van der Waals surface area contributed by atoms with Crippen LogP contribution in [0.5, 0.6) is 0 Å². The molecule has 0 bridgehead atoms. The Kier molecular flexibility index (Phi) is 4.82. The number of benzene rings is 1. The first-order valence-corrected chi connectivity index (χ1v) is 4.83. The van der Waals surface area contributed by atoms with E-state index in [1.165, 1.54) is 0 Å². The van der Waals surface area contributed by atoms with Crippen LogP contribution in [0.4, 0.5) is 0 Å². The van der Waals surface area contributed by atoms with E-state index < -0.39 is 0 Å². The van der Waals surface area contributed by atoms with Gasteiger partial charge in [0.15, 0.2) is 6.29 Å². The highest BCUT2D eigenvalue weighted by Crippen LogP contribution is 2.17. The summed E-state index contributed by atoms with van der Waals surface area (Å²) >= 11 is 0. The number of hydrogen-bond acceptors (Lipinski definition) is 3. The molecule has 0 heterocycles. The van der Waals surface area contributed by atoms with Crippen LogP contribution in [0.2, 0.25) is 0 Å². The van der Waals surface area contributed by atoms with E-state index in [4.69, 9.17) is 14.7 Å². The van der Waals surface area contributed by atoms with Gasteiger partial charge in [-0.1, -0.05) is 24.3 Å². The number of aryl methyl sites for hydroxylation is 1. The number of rotatable bonds is 5. The van der Waals surface area contributed by atoms with Gasteiger partial charge in [-0.2, -0.15) is 5.26 Å². The van der Waals surface area contributed by atoms with E-state index in [9.17, 15) is 0 Å². The summed E-state index contributed by atoms with van der Waals surface area (Å²) in [5, 5.41) is 8.46. The van der Waals surface area contributed by atoms with Crippen molar-refractivity contribution < 1.29 is 9.47 Å². The van der Waals surface area contributed by atoms with Gasteiger partial charge in [-0.3, -0.25) is 0 Å². The normalized spacial score (nSPS) is 10.3. The predicted molar refractivity (Wildman–Crippen MR) is 57.1 cm³/mol. The van der Waals surface area contributed by atoms with Gasteiger partial charge in [0.05, 0.1) is 6.07 Å². The minimum Gasteiger partial charge on any atom is -0.352 e. The summed E-state index contributed by atoms with van der Waals surface area (Å²) in [5.41, 5.74) is 2.15. The fourth-order valence-corrected chi connectivity index (χ4v) is 1.41. The second kappa shape index (κ2) is 6.18. The first kappa shape index (κ1) is 11.7. The molecule has 0 aliphatic rings. The molecule has 1 aromatic rings. The summed E-state index contributed by atoms with van der Waals surface area (Å²) in [4.78, 5) is 0. The number of hydrogen-bond donors (Lipinski definition) is 0. The van der Waals surface area contributed by atoms with Crippen LogP contribution in [-0.2, 0) is 15.9 Å². The number of nitriles is 1. The molecule has 0 saturated carbocycles. The second-order valence-electron chi connectivity index (χ2n) is 3.20. The summed E-state index contributed by atoms with van der Waals surface area (Å²) in [6, 6.07) is 10.0. The van der Waals surface area contributed by atoms with Crippen molar-refractivity contribution in [3.05, 3.63) is 35.4 Å². The average Bonchev–Trinajstić information content (AvgIpc) is 2.29. The van der Waals surface area contributed by atoms with Crippen molar-refractivity contribution in [2.75, 3.05) is 14.2 Å². The quantitative estimate of drug-likeness (QED) is 0.693. The molecule has 1 aromatic carbocycles. The van der Waals surface area contributed by atoms with Gasteiger partial charge < -0.3 is 9.47 Å². The first-order chi connectivity index (χ1) is 7.31. The Morgan fingerprint density at radius 2 is 1.80 bits per heavy atom. The lowest BCUT2D eigenvalue weighted by Gasteiger charge is -2.13. The average molecular weight is 205 g/mol. The summed E-state index contributed by atoms with van der Waals surface area (Å²) in [5.74, 6) is 0. The molecule has 15 heavy (non-hydrogen) atoms. The van der Waals surface area contributed by atoms with E-state index in [0.29, 0.717) is 6.42 Å². The van der Waals surface area contributed by atoms with E-state index in [1.807, 2.05) is 24.3 Å². The highest BCUT2D eigenvalue weighted by atomic mass is 16.7. The molecule has 3 nitrogen and oxygen atoms in total. The van der Waals surface area contributed by atoms with Crippen LogP contribution >= 0.6 is 0 Å². The summed E-state index contributed by atoms with van der Waals surface area (Å²) in [6.07, 6.45) is 1.04. The van der Waals surface area contributed by atoms with Crippen LogP contribution in [-0.4, -0.2) is 14.2 Å². The smallest absolute Gasteiger partial charge is 0.183 e. The Balaban J connectivity index is 2.67. The van der Waals surface area contributed by atoms with Gasteiger partial charge in [-0.15, -0.1) is 0 Å². The monoisotopic (exact) mass is 205 g/mol. The SMILES string of the molecule is COC(OC)c1ccc(CCC#N)cc1. The largest absolute Gasteiger partial charge is 0.352 e. The third-order valence-electron chi connectivity index (χ3n) is 2.21. The van der Waals surface area contributed by atoms with Crippen molar-refractivity contribution >= 4 is 0 Å². The van der Waals surface area contributed by atoms with Gasteiger partial charge in [-0.25, -0.2) is 0 Å². The Bertz CT molecular complexity index is 322. The van der Waals surface area contributed by atoms with Gasteiger partial charge in [0.25, 0.3) is 0 Å². The van der Waals surface area contributed by atoms with Crippen molar-refractivity contribution in [3.63, 3.8) is 0 Å². The zero-order valence-corrected chi connectivity index (χ0v) is 9.06. The zero-order chi connectivity index (χ0) is 11.1. The summed E-state index contributed by atoms with van der Waals surface area (Å²) < 4.78 is 10.3. The molecule has 0 aliphatic carbocycles. The van der Waals surface area contributed by atoms with Crippen molar-refractivity contribution in [2.45, 2.75) is 19.1 Å². The summed E-state index contributed by atoms with van der Waals surface area (Å²) in [6.45, 7) is 0. The highest BCUT2D eigenvalue weighted by Gasteiger charge is 2.07. The third-order valence-corrected chi connectivity index (χ3v) is 2.21. The second-order valence-corrected chi connectivity index (χ2v) is 3.20. The van der Waals surface area contributed by atoms with Crippen LogP contribution in [0.3, 0.4) is 0 Å². The molecule has 0 radical (unpaired) electrons. The van der Waals surface area contributed by atoms with Crippen molar-refractivity contribution in [3.8, 4) is 6.07 Å². The van der Waals surface area contributed by atoms with E-state index >= 15 is 0 Å². The molecule has 0 N–H and O–H groups in total. The van der Waals surface area contributed by atoms with Gasteiger partial charge in [0, 0.05) is 26.2 Å². The van der Waals surface area contributed by atoms with E-state index in [0.717, 1.165) is 17.5 Å². The lowest BCUT2D eigenvalue weighted by molar-refractivity contribution is -0.106. The zero-order valence-electron chi connectivity index (χ0n) is 9.06. The fraction of sp³-hybridized carbons (Fsp3) is 0.417. The number of methoxy groups -OCH3 is 2. The molecular formula is C12H15NO2. The molecule has 3 heteroatoms. The standard InChI is InChI=1S/C12H15NO2/c1-14-12(15-2)11-7-5-10(6-8-11)4-3-9-13/h5-8,12H,3-4H2,1-2H3. The first-order valence-electron chi connectivity index (χ1n) is 4.83. The van der Waals surface area contributed by atoms with E-state index in [-0.39, 0.29) is 6.29 Å². The molecule has 0 aliphatic heterocycles. The Morgan fingerprint density at radius 3 is 2.27 bits per heavy atom. The van der Waals surface area contributed by atoms with Crippen LogP contribution in [0, 0.1) is 11.3 Å². The lowest BCUT2D eigenvalue weighted by atomic mass is 10.1. The maximum atomic E-state index is 8.46. The molecule has 0 aromatic heterocycles. The van der Waals surface area contributed by atoms with Crippen LogP contribution in [0.15, 0.2) is 24.3 Å². The molecule has 1 rings (SSSR count). The Hall–Kier alpha value is -1.37. The van der Waals surface area contributed by atoms with Gasteiger partial charge in [0.1, 0.15) is 0 Å². The lowest BCUT2D eigenvalue weighted by Crippen LogP contribution is -2.03. The fourth-order valence-electron chi connectivity index (χ4n) is 1.41. The van der Waals surface area contributed by atoms with Crippen LogP contribution in [0.25, 0.3) is 0 Å². The highest BCUT2D eigenvalue weighted by molar-refractivity contribution is 5.23. The molecule has 0 fully saturated rings. The van der Waals surface area contributed by atoms with Gasteiger partial charge >= 0.3 is 0 Å². The minimum atomic E-state index is -0.310. The van der Waals surface area contributed by atoms with Gasteiger partial charge in [-0.05, 0) is 12.0 Å². The molecule has 0 saturated heterocycles. The Labute approximate surface area is 90.2 Å². The maximum absolute atomic E-state index is 8.46. The van der Waals surface area contributed by atoms with Crippen molar-refractivity contribution in [1.82, 2.24) is 0 Å². The number of ether oxygens (including phenoxy) is 2. The molecular weight excluding hydrogens is 190 g/mol. The maximum Gasteiger partial charge on any atom is 0.183 e. The van der Waals surface area contributed by atoms with Gasteiger partial charge in [0.2, 0.25) is 0 Å². The van der Waals surface area contributed by atoms with E-state index in [2.05, 4.69) is 6.07 Å². The molecule has 80 valence electrons. The third kappa shape index (κ3) is 3.35.